The Morgan fingerprint density at radius 2 is 2.18 bits per heavy atom. The summed E-state index contributed by atoms with van der Waals surface area (Å²) in [7, 11) is 2.04. The topological polar surface area (TPSA) is 27.8 Å². The van der Waals surface area contributed by atoms with Crippen LogP contribution in [-0.2, 0) is 5.41 Å². The van der Waals surface area contributed by atoms with Crippen molar-refractivity contribution in [3.63, 3.8) is 0 Å². The van der Waals surface area contributed by atoms with Crippen LogP contribution in [0.25, 0.3) is 10.9 Å². The minimum Gasteiger partial charge on any atom is -0.358 e. The lowest BCUT2D eigenvalue weighted by molar-refractivity contribution is 0.625. The molecule has 1 saturated carbocycles. The second-order valence-electron chi connectivity index (χ2n) is 5.13. The fraction of sp³-hybridized carbons (Fsp3) is 0.429. The van der Waals surface area contributed by atoms with Gasteiger partial charge in [0.25, 0.3) is 0 Å². The van der Waals surface area contributed by atoms with Crippen molar-refractivity contribution in [1.29, 1.82) is 0 Å². The van der Waals surface area contributed by atoms with E-state index < -0.39 is 0 Å². The van der Waals surface area contributed by atoms with Gasteiger partial charge in [-0.25, -0.2) is 0 Å². The van der Waals surface area contributed by atoms with Gasteiger partial charge in [0.2, 0.25) is 0 Å². The number of hydrogen-bond donors (Lipinski definition) is 2. The first kappa shape index (κ1) is 11.3. The summed E-state index contributed by atoms with van der Waals surface area (Å²) in [6, 6.07) is 6.50. The molecule has 0 spiro atoms. The van der Waals surface area contributed by atoms with E-state index in [-0.39, 0.29) is 0 Å². The zero-order chi connectivity index (χ0) is 12.0. The Kier molecular flexibility index (Phi) is 2.56. The number of aryl methyl sites for hydroxylation is 1. The van der Waals surface area contributed by atoms with Crippen molar-refractivity contribution >= 4 is 26.8 Å². The highest BCUT2D eigenvalue weighted by Crippen LogP contribution is 2.51. The minimum atomic E-state index is 0.373. The molecule has 0 amide bonds. The highest BCUT2D eigenvalue weighted by molar-refractivity contribution is 9.10. The molecule has 0 aliphatic heterocycles. The third kappa shape index (κ3) is 1.72. The fourth-order valence-electron chi connectivity index (χ4n) is 2.99. The number of hydrogen-bond acceptors (Lipinski definition) is 1. The molecular formula is C14H17BrN2. The van der Waals surface area contributed by atoms with Gasteiger partial charge in [-0.3, -0.25) is 0 Å². The molecule has 2 nitrogen and oxygen atoms in total. The maximum absolute atomic E-state index is 3.57. The number of aromatic amines is 1. The molecule has 1 aromatic carbocycles. The highest BCUT2D eigenvalue weighted by atomic mass is 79.9. The molecule has 0 bridgehead atoms. The summed E-state index contributed by atoms with van der Waals surface area (Å²) in [6.45, 7) is 3.27. The lowest BCUT2D eigenvalue weighted by atomic mass is 9.93. The molecule has 17 heavy (non-hydrogen) atoms. The van der Waals surface area contributed by atoms with Gasteiger partial charge in [0.05, 0.1) is 0 Å². The Labute approximate surface area is 110 Å². The van der Waals surface area contributed by atoms with Gasteiger partial charge >= 0.3 is 0 Å². The van der Waals surface area contributed by atoms with Crippen molar-refractivity contribution in [2.24, 2.45) is 0 Å². The molecule has 0 radical (unpaired) electrons. The Morgan fingerprint density at radius 3 is 2.82 bits per heavy atom. The zero-order valence-electron chi connectivity index (χ0n) is 10.2. The van der Waals surface area contributed by atoms with Crippen LogP contribution in [0.3, 0.4) is 0 Å². The number of fused-ring (bicyclic) bond motifs is 1. The zero-order valence-corrected chi connectivity index (χ0v) is 11.8. The van der Waals surface area contributed by atoms with Crippen LogP contribution in [0.1, 0.15) is 24.1 Å². The number of aromatic nitrogens is 1. The maximum Gasteiger partial charge on any atom is 0.0459 e. The molecule has 0 unspecified atom stereocenters. The normalized spacial score (nSPS) is 17.6. The summed E-state index contributed by atoms with van der Waals surface area (Å²) >= 11 is 3.57. The first-order valence-electron chi connectivity index (χ1n) is 6.09. The van der Waals surface area contributed by atoms with Crippen LogP contribution in [0.4, 0.5) is 0 Å². The van der Waals surface area contributed by atoms with Crippen molar-refractivity contribution in [3.05, 3.63) is 33.9 Å². The van der Waals surface area contributed by atoms with E-state index in [1.54, 1.807) is 0 Å². The van der Waals surface area contributed by atoms with Crippen LogP contribution in [-0.4, -0.2) is 18.6 Å². The van der Waals surface area contributed by atoms with E-state index in [4.69, 9.17) is 0 Å². The number of benzene rings is 1. The van der Waals surface area contributed by atoms with E-state index in [0.29, 0.717) is 5.41 Å². The molecule has 2 N–H and O–H groups in total. The predicted molar refractivity (Wildman–Crippen MR) is 75.6 cm³/mol. The SMILES string of the molecule is CNCC1(c2c(C)[nH]c3ccc(Br)cc23)CC1. The smallest absolute Gasteiger partial charge is 0.0459 e. The molecule has 0 atom stereocenters. The van der Waals surface area contributed by atoms with Gasteiger partial charge < -0.3 is 10.3 Å². The van der Waals surface area contributed by atoms with Gasteiger partial charge in [-0.1, -0.05) is 15.9 Å². The van der Waals surface area contributed by atoms with Crippen molar-refractivity contribution in [3.8, 4) is 0 Å². The van der Waals surface area contributed by atoms with E-state index in [1.165, 1.54) is 35.0 Å². The summed E-state index contributed by atoms with van der Waals surface area (Å²) in [4.78, 5) is 3.51. The molecule has 1 aliphatic rings. The van der Waals surface area contributed by atoms with Crippen LogP contribution in [0.15, 0.2) is 22.7 Å². The Hall–Kier alpha value is -0.800. The number of nitrogens with one attached hydrogen (secondary N) is 2. The Balaban J connectivity index is 2.21. The van der Waals surface area contributed by atoms with Crippen LogP contribution in [0.2, 0.25) is 0 Å². The molecule has 90 valence electrons. The van der Waals surface area contributed by atoms with Crippen molar-refractivity contribution in [1.82, 2.24) is 10.3 Å². The van der Waals surface area contributed by atoms with Crippen molar-refractivity contribution < 1.29 is 0 Å². The number of likely N-dealkylation sites (N-methyl/N-ethyl adjacent to an activating group) is 1. The van der Waals surface area contributed by atoms with E-state index in [2.05, 4.69) is 51.4 Å². The number of halogens is 1. The molecule has 0 saturated heterocycles. The summed E-state index contributed by atoms with van der Waals surface area (Å²) in [5, 5.41) is 4.72. The standard InChI is InChI=1S/C14H17BrN2/c1-9-13(14(5-6-14)8-16-2)11-7-10(15)3-4-12(11)17-9/h3-4,7,16-17H,5-6,8H2,1-2H3. The molecule has 3 heteroatoms. The van der Waals surface area contributed by atoms with Crippen molar-refractivity contribution in [2.75, 3.05) is 13.6 Å². The quantitative estimate of drug-likeness (QED) is 0.890. The molecule has 2 aromatic rings. The monoisotopic (exact) mass is 292 g/mol. The summed E-state index contributed by atoms with van der Waals surface area (Å²) < 4.78 is 1.16. The maximum atomic E-state index is 3.57. The largest absolute Gasteiger partial charge is 0.358 e. The summed E-state index contributed by atoms with van der Waals surface area (Å²) in [6.07, 6.45) is 2.60. The van der Waals surface area contributed by atoms with E-state index in [1.807, 2.05) is 7.05 Å². The molecule has 1 aromatic heterocycles. The molecular weight excluding hydrogens is 276 g/mol. The Bertz CT molecular complexity index is 567. The summed E-state index contributed by atoms with van der Waals surface area (Å²) in [5.74, 6) is 0. The molecule has 3 rings (SSSR count). The van der Waals surface area contributed by atoms with Crippen LogP contribution >= 0.6 is 15.9 Å². The van der Waals surface area contributed by atoms with Crippen LogP contribution in [0.5, 0.6) is 0 Å². The second-order valence-corrected chi connectivity index (χ2v) is 6.04. The lowest BCUT2D eigenvalue weighted by Crippen LogP contribution is -2.24. The van der Waals surface area contributed by atoms with Gasteiger partial charge in [-0.2, -0.15) is 0 Å². The average Bonchev–Trinajstić information content (AvgIpc) is 2.96. The number of rotatable bonds is 3. The average molecular weight is 293 g/mol. The fourth-order valence-corrected chi connectivity index (χ4v) is 3.35. The van der Waals surface area contributed by atoms with E-state index in [0.717, 1.165) is 11.0 Å². The van der Waals surface area contributed by atoms with E-state index in [9.17, 15) is 0 Å². The van der Waals surface area contributed by atoms with Crippen molar-refractivity contribution in [2.45, 2.75) is 25.2 Å². The van der Waals surface area contributed by atoms with Crippen LogP contribution < -0.4 is 5.32 Å². The summed E-state index contributed by atoms with van der Waals surface area (Å²) in [5.41, 5.74) is 4.47. The van der Waals surface area contributed by atoms with Gasteiger partial charge in [-0.05, 0) is 50.6 Å². The third-order valence-corrected chi connectivity index (χ3v) is 4.34. The minimum absolute atomic E-state index is 0.373. The first-order valence-corrected chi connectivity index (χ1v) is 6.88. The van der Waals surface area contributed by atoms with Gasteiger partial charge in [0.1, 0.15) is 0 Å². The predicted octanol–water partition coefficient (Wildman–Crippen LogP) is 3.49. The molecule has 1 heterocycles. The van der Waals surface area contributed by atoms with Gasteiger partial charge in [0, 0.05) is 33.0 Å². The number of H-pyrrole nitrogens is 1. The second kappa shape index (κ2) is 3.85. The van der Waals surface area contributed by atoms with Gasteiger partial charge in [0.15, 0.2) is 0 Å². The highest BCUT2D eigenvalue weighted by Gasteiger charge is 2.46. The molecule has 1 fully saturated rings. The van der Waals surface area contributed by atoms with Gasteiger partial charge in [-0.15, -0.1) is 0 Å². The Morgan fingerprint density at radius 1 is 1.41 bits per heavy atom. The third-order valence-electron chi connectivity index (χ3n) is 3.85. The van der Waals surface area contributed by atoms with E-state index >= 15 is 0 Å². The van der Waals surface area contributed by atoms with Crippen LogP contribution in [0, 0.1) is 6.92 Å². The first-order chi connectivity index (χ1) is 8.16. The molecule has 1 aliphatic carbocycles. The lowest BCUT2D eigenvalue weighted by Gasteiger charge is -2.15.